The van der Waals surface area contributed by atoms with Crippen molar-refractivity contribution in [1.29, 1.82) is 0 Å². The van der Waals surface area contributed by atoms with Gasteiger partial charge in [0, 0.05) is 5.71 Å². The topological polar surface area (TPSA) is 41.5 Å². The van der Waals surface area contributed by atoms with Crippen LogP contribution in [0.15, 0.2) is 53.6 Å². The largest absolute Gasteiger partial charge is 0.272 e. The number of fused-ring (bicyclic) bond motifs is 3. The number of thioether (sulfide) groups is 1. The molecule has 2 aromatic rings. The van der Waals surface area contributed by atoms with Crippen molar-refractivity contribution in [2.24, 2.45) is 5.10 Å². The molecule has 0 atom stereocenters. The van der Waals surface area contributed by atoms with Crippen LogP contribution in [0.3, 0.4) is 0 Å². The van der Waals surface area contributed by atoms with Gasteiger partial charge in [0.15, 0.2) is 0 Å². The standard InChI is InChI=1S/C27H34N2OS/c30-26(29-28-21-14-8-6-4-2-1-3-5-7-9-15-21)20-31-27-24-18-12-10-16-22(24)23-17-11-13-19-25(23)27/h10-13,16-19,27H,1-9,14-15,20H2,(H,29,30). The maximum Gasteiger partial charge on any atom is 0.250 e. The molecule has 0 bridgehead atoms. The van der Waals surface area contributed by atoms with E-state index in [1.165, 1.54) is 85.8 Å². The van der Waals surface area contributed by atoms with E-state index >= 15 is 0 Å². The van der Waals surface area contributed by atoms with Crippen LogP contribution in [0.25, 0.3) is 11.1 Å². The van der Waals surface area contributed by atoms with Gasteiger partial charge in [-0.3, -0.25) is 4.79 Å². The smallest absolute Gasteiger partial charge is 0.250 e. The third-order valence-corrected chi connectivity index (χ3v) is 7.70. The molecule has 0 spiro atoms. The zero-order chi connectivity index (χ0) is 21.3. The Bertz CT molecular complexity index is 848. The van der Waals surface area contributed by atoms with E-state index in [1.54, 1.807) is 11.8 Å². The van der Waals surface area contributed by atoms with Gasteiger partial charge in [-0.15, -0.1) is 11.8 Å². The van der Waals surface area contributed by atoms with Crippen molar-refractivity contribution >= 4 is 23.4 Å². The zero-order valence-electron chi connectivity index (χ0n) is 18.4. The highest BCUT2D eigenvalue weighted by molar-refractivity contribution is 8.00. The Morgan fingerprint density at radius 3 is 1.81 bits per heavy atom. The number of nitrogens with zero attached hydrogens (tertiary/aromatic N) is 1. The third-order valence-electron chi connectivity index (χ3n) is 6.43. The molecule has 1 fully saturated rings. The molecular weight excluding hydrogens is 400 g/mol. The van der Waals surface area contributed by atoms with Gasteiger partial charge in [-0.1, -0.05) is 93.5 Å². The number of hydrogen-bond acceptors (Lipinski definition) is 3. The van der Waals surface area contributed by atoms with Gasteiger partial charge in [-0.25, -0.2) is 5.43 Å². The first-order valence-corrected chi connectivity index (χ1v) is 13.0. The molecule has 1 amide bonds. The van der Waals surface area contributed by atoms with Gasteiger partial charge in [0.05, 0.1) is 11.0 Å². The molecule has 2 aliphatic rings. The molecule has 0 saturated heterocycles. The molecule has 0 radical (unpaired) electrons. The first-order valence-electron chi connectivity index (χ1n) is 12.0. The highest BCUT2D eigenvalue weighted by Gasteiger charge is 2.28. The summed E-state index contributed by atoms with van der Waals surface area (Å²) in [7, 11) is 0. The van der Waals surface area contributed by atoms with Crippen molar-refractivity contribution in [2.75, 3.05) is 5.75 Å². The Morgan fingerprint density at radius 2 is 1.26 bits per heavy atom. The van der Waals surface area contributed by atoms with Crippen LogP contribution in [0.2, 0.25) is 0 Å². The molecular formula is C27H34N2OS. The second-order valence-electron chi connectivity index (χ2n) is 8.76. The van der Waals surface area contributed by atoms with Crippen LogP contribution in [0.4, 0.5) is 0 Å². The van der Waals surface area contributed by atoms with Crippen LogP contribution in [0, 0.1) is 0 Å². The van der Waals surface area contributed by atoms with E-state index in [1.807, 2.05) is 0 Å². The van der Waals surface area contributed by atoms with Crippen molar-refractivity contribution in [2.45, 2.75) is 75.9 Å². The molecule has 1 N–H and O–H groups in total. The summed E-state index contributed by atoms with van der Waals surface area (Å²) in [5.41, 5.74) is 9.26. The van der Waals surface area contributed by atoms with Crippen LogP contribution in [-0.4, -0.2) is 17.4 Å². The van der Waals surface area contributed by atoms with E-state index in [2.05, 4.69) is 59.1 Å². The molecule has 3 nitrogen and oxygen atoms in total. The highest BCUT2D eigenvalue weighted by Crippen LogP contribution is 2.49. The van der Waals surface area contributed by atoms with Gasteiger partial charge >= 0.3 is 0 Å². The van der Waals surface area contributed by atoms with Crippen LogP contribution in [0.1, 0.15) is 87.0 Å². The summed E-state index contributed by atoms with van der Waals surface area (Å²) in [5.74, 6) is 0.426. The molecule has 0 aliphatic heterocycles. The number of hydrogen-bond donors (Lipinski definition) is 1. The summed E-state index contributed by atoms with van der Waals surface area (Å²) in [6.07, 6.45) is 13.8. The quantitative estimate of drug-likeness (QED) is 0.514. The number of benzene rings is 2. The van der Waals surface area contributed by atoms with E-state index in [0.717, 1.165) is 12.8 Å². The molecule has 2 aromatic carbocycles. The van der Waals surface area contributed by atoms with Gasteiger partial charge in [0.2, 0.25) is 5.91 Å². The summed E-state index contributed by atoms with van der Waals surface area (Å²) in [5, 5.41) is 4.76. The maximum atomic E-state index is 12.6. The number of carbonyl (C=O) groups excluding carboxylic acids is 1. The Morgan fingerprint density at radius 1 is 0.774 bits per heavy atom. The van der Waals surface area contributed by atoms with Gasteiger partial charge in [-0.05, 0) is 47.9 Å². The lowest BCUT2D eigenvalue weighted by Crippen LogP contribution is -2.22. The van der Waals surface area contributed by atoms with Crippen molar-refractivity contribution in [3.63, 3.8) is 0 Å². The number of rotatable bonds is 4. The third kappa shape index (κ3) is 6.00. The lowest BCUT2D eigenvalue weighted by Gasteiger charge is -2.13. The monoisotopic (exact) mass is 434 g/mol. The van der Waals surface area contributed by atoms with Crippen LogP contribution in [0.5, 0.6) is 0 Å². The predicted molar refractivity (Wildman–Crippen MR) is 133 cm³/mol. The van der Waals surface area contributed by atoms with E-state index in [9.17, 15) is 4.79 Å². The molecule has 0 heterocycles. The van der Waals surface area contributed by atoms with Gasteiger partial charge in [0.1, 0.15) is 0 Å². The Labute approximate surface area is 191 Å². The van der Waals surface area contributed by atoms with Crippen LogP contribution < -0.4 is 5.43 Å². The fourth-order valence-corrected chi connectivity index (χ4v) is 5.91. The average molecular weight is 435 g/mol. The van der Waals surface area contributed by atoms with Gasteiger partial charge in [0.25, 0.3) is 0 Å². The van der Waals surface area contributed by atoms with E-state index in [0.29, 0.717) is 5.75 Å². The second-order valence-corrected chi connectivity index (χ2v) is 9.85. The van der Waals surface area contributed by atoms with E-state index in [-0.39, 0.29) is 11.2 Å². The molecule has 4 rings (SSSR count). The molecule has 0 aromatic heterocycles. The Kier molecular flexibility index (Phi) is 8.23. The SMILES string of the molecule is O=C(CSC1c2ccccc2-c2ccccc21)NN=C1CCCCCCCCCCC1. The number of carbonyl (C=O) groups is 1. The normalized spacial score (nSPS) is 17.7. The first-order chi connectivity index (χ1) is 15.3. The van der Waals surface area contributed by atoms with Crippen molar-refractivity contribution < 1.29 is 4.79 Å². The van der Waals surface area contributed by atoms with Crippen LogP contribution >= 0.6 is 11.8 Å². The van der Waals surface area contributed by atoms with E-state index < -0.39 is 0 Å². The molecule has 31 heavy (non-hydrogen) atoms. The number of hydrazone groups is 1. The minimum atomic E-state index is 0.00507. The summed E-state index contributed by atoms with van der Waals surface area (Å²) >= 11 is 1.70. The van der Waals surface area contributed by atoms with Gasteiger partial charge in [-0.2, -0.15) is 5.10 Å². The van der Waals surface area contributed by atoms with E-state index in [4.69, 9.17) is 0 Å². The Balaban J connectivity index is 1.33. The molecule has 2 aliphatic carbocycles. The number of nitrogens with one attached hydrogen (secondary N) is 1. The average Bonchev–Trinajstić information content (AvgIpc) is 3.11. The fraction of sp³-hybridized carbons (Fsp3) is 0.481. The lowest BCUT2D eigenvalue weighted by atomic mass is 10.00. The fourth-order valence-electron chi connectivity index (χ4n) is 4.75. The zero-order valence-corrected chi connectivity index (χ0v) is 19.3. The summed E-state index contributed by atoms with van der Waals surface area (Å²) < 4.78 is 0. The molecule has 1 saturated carbocycles. The lowest BCUT2D eigenvalue weighted by molar-refractivity contribution is -0.118. The minimum Gasteiger partial charge on any atom is -0.272 e. The van der Waals surface area contributed by atoms with Gasteiger partial charge < -0.3 is 0 Å². The number of amides is 1. The summed E-state index contributed by atoms with van der Waals surface area (Å²) in [6.45, 7) is 0. The van der Waals surface area contributed by atoms with Crippen LogP contribution in [-0.2, 0) is 4.79 Å². The second kappa shape index (κ2) is 11.5. The highest BCUT2D eigenvalue weighted by atomic mass is 32.2. The summed E-state index contributed by atoms with van der Waals surface area (Å²) in [6, 6.07) is 17.1. The molecule has 0 unspecified atom stereocenters. The summed E-state index contributed by atoms with van der Waals surface area (Å²) in [4.78, 5) is 12.6. The molecule has 164 valence electrons. The maximum absolute atomic E-state index is 12.6. The first kappa shape index (κ1) is 22.1. The minimum absolute atomic E-state index is 0.00507. The van der Waals surface area contributed by atoms with Crippen molar-refractivity contribution in [1.82, 2.24) is 5.43 Å². The Hall–Kier alpha value is -2.07. The van der Waals surface area contributed by atoms with Crippen molar-refractivity contribution in [3.8, 4) is 11.1 Å². The predicted octanol–water partition coefficient (Wildman–Crippen LogP) is 7.27. The molecule has 4 heteroatoms. The van der Waals surface area contributed by atoms with Crippen molar-refractivity contribution in [3.05, 3.63) is 59.7 Å².